The fraction of sp³-hybridized carbons (Fsp3) is 0.588. The van der Waals surface area contributed by atoms with Crippen molar-refractivity contribution in [1.29, 1.82) is 0 Å². The molecule has 0 aliphatic carbocycles. The normalized spacial score (nSPS) is 21.4. The van der Waals surface area contributed by atoms with Gasteiger partial charge in [0.05, 0.1) is 6.54 Å². The van der Waals surface area contributed by atoms with E-state index in [0.717, 1.165) is 44.1 Å². The minimum absolute atomic E-state index is 0.117. The van der Waals surface area contributed by atoms with Crippen LogP contribution in [0.15, 0.2) is 18.2 Å². The summed E-state index contributed by atoms with van der Waals surface area (Å²) < 4.78 is 0. The highest BCUT2D eigenvalue weighted by Gasteiger charge is 2.28. The zero-order valence-corrected chi connectivity index (χ0v) is 14.1. The number of aryl methyl sites for hydroxylation is 1. The van der Waals surface area contributed by atoms with Crippen LogP contribution >= 0.6 is 0 Å². The van der Waals surface area contributed by atoms with Gasteiger partial charge in [-0.1, -0.05) is 6.07 Å². The fourth-order valence-corrected chi connectivity index (χ4v) is 3.31. The molecular weight excluding hydrogens is 306 g/mol. The maximum Gasteiger partial charge on any atom is 0.324 e. The average Bonchev–Trinajstić information content (AvgIpc) is 3.14. The Bertz CT molecular complexity index is 590. The van der Waals surface area contributed by atoms with Crippen LogP contribution < -0.4 is 10.6 Å². The van der Waals surface area contributed by atoms with Crippen molar-refractivity contribution in [1.82, 2.24) is 20.1 Å². The molecule has 0 saturated carbocycles. The lowest BCUT2D eigenvalue weighted by Gasteiger charge is -2.18. The number of rotatable bonds is 7. The number of likely N-dealkylation sites (tertiary alicyclic amines) is 1. The summed E-state index contributed by atoms with van der Waals surface area (Å²) in [6.07, 6.45) is 2.00. The number of aromatic nitrogens is 1. The number of nitrogens with zero attached hydrogens (tertiary/aromatic N) is 3. The maximum absolute atomic E-state index is 11.5. The van der Waals surface area contributed by atoms with Crippen molar-refractivity contribution in [2.45, 2.75) is 19.8 Å². The molecule has 3 amide bonds. The van der Waals surface area contributed by atoms with Gasteiger partial charge in [0.15, 0.2) is 0 Å². The predicted molar refractivity (Wildman–Crippen MR) is 91.7 cm³/mol. The fourth-order valence-electron chi connectivity index (χ4n) is 3.31. The van der Waals surface area contributed by atoms with Crippen LogP contribution in [0, 0.1) is 12.8 Å². The second-order valence-electron chi connectivity index (χ2n) is 6.56. The van der Waals surface area contributed by atoms with Crippen LogP contribution in [0.1, 0.15) is 18.5 Å². The maximum atomic E-state index is 11.5. The van der Waals surface area contributed by atoms with Crippen LogP contribution in [0.25, 0.3) is 0 Å². The molecule has 7 nitrogen and oxygen atoms in total. The molecule has 2 aliphatic rings. The molecule has 0 unspecified atom stereocenters. The Hall–Kier alpha value is -2.15. The largest absolute Gasteiger partial charge is 0.370 e. The molecule has 1 aromatic rings. The van der Waals surface area contributed by atoms with Gasteiger partial charge in [0.25, 0.3) is 0 Å². The topological polar surface area (TPSA) is 77.6 Å². The third kappa shape index (κ3) is 4.23. The van der Waals surface area contributed by atoms with Gasteiger partial charge in [0.1, 0.15) is 5.82 Å². The summed E-state index contributed by atoms with van der Waals surface area (Å²) in [7, 11) is 0. The van der Waals surface area contributed by atoms with Crippen LogP contribution in [0.4, 0.5) is 10.6 Å². The number of anilines is 1. The van der Waals surface area contributed by atoms with E-state index in [4.69, 9.17) is 0 Å². The van der Waals surface area contributed by atoms with Crippen molar-refractivity contribution in [2.24, 2.45) is 5.92 Å². The molecule has 1 atom stereocenters. The van der Waals surface area contributed by atoms with Crippen LogP contribution in [0.2, 0.25) is 0 Å². The van der Waals surface area contributed by atoms with E-state index in [1.807, 2.05) is 25.1 Å². The minimum Gasteiger partial charge on any atom is -0.370 e. The summed E-state index contributed by atoms with van der Waals surface area (Å²) in [6.45, 7) is 6.64. The van der Waals surface area contributed by atoms with Gasteiger partial charge in [-0.25, -0.2) is 9.78 Å². The molecule has 0 spiro atoms. The van der Waals surface area contributed by atoms with E-state index < -0.39 is 0 Å². The Kier molecular flexibility index (Phi) is 5.30. The number of amides is 3. The summed E-state index contributed by atoms with van der Waals surface area (Å²) in [5, 5.41) is 5.97. The number of hydrogen-bond donors (Lipinski definition) is 2. The summed E-state index contributed by atoms with van der Waals surface area (Å²) in [4.78, 5) is 31.2. The summed E-state index contributed by atoms with van der Waals surface area (Å²) >= 11 is 0. The second-order valence-corrected chi connectivity index (χ2v) is 6.56. The Labute approximate surface area is 142 Å². The van der Waals surface area contributed by atoms with Crippen molar-refractivity contribution in [3.8, 4) is 0 Å². The van der Waals surface area contributed by atoms with E-state index >= 15 is 0 Å². The smallest absolute Gasteiger partial charge is 0.324 e. The highest BCUT2D eigenvalue weighted by molar-refractivity contribution is 6.01. The van der Waals surface area contributed by atoms with Crippen LogP contribution in [-0.4, -0.2) is 66.0 Å². The number of urea groups is 1. The second kappa shape index (κ2) is 7.61. The van der Waals surface area contributed by atoms with Gasteiger partial charge < -0.3 is 15.5 Å². The number of pyridine rings is 1. The molecule has 2 N–H and O–H groups in total. The molecule has 0 bridgehead atoms. The number of nitrogens with one attached hydrogen (secondary N) is 2. The minimum atomic E-state index is -0.255. The SMILES string of the molecule is Cc1cccc(NC[C@@H]2CCN(CCCN3C(=O)CNC3=O)C2)n1. The first kappa shape index (κ1) is 16.7. The van der Waals surface area contributed by atoms with E-state index in [1.54, 1.807) is 0 Å². The van der Waals surface area contributed by atoms with Crippen molar-refractivity contribution in [2.75, 3.05) is 44.6 Å². The van der Waals surface area contributed by atoms with Crippen molar-refractivity contribution in [3.63, 3.8) is 0 Å². The molecule has 7 heteroatoms. The molecule has 2 saturated heterocycles. The summed E-state index contributed by atoms with van der Waals surface area (Å²) in [5.41, 5.74) is 1.02. The van der Waals surface area contributed by atoms with Crippen molar-refractivity contribution >= 4 is 17.8 Å². The molecular formula is C17H25N5O2. The van der Waals surface area contributed by atoms with E-state index in [2.05, 4.69) is 20.5 Å². The van der Waals surface area contributed by atoms with Crippen molar-refractivity contribution < 1.29 is 9.59 Å². The van der Waals surface area contributed by atoms with Crippen molar-refractivity contribution in [3.05, 3.63) is 23.9 Å². The quantitative estimate of drug-likeness (QED) is 0.731. The van der Waals surface area contributed by atoms with Crippen LogP contribution in [0.5, 0.6) is 0 Å². The van der Waals surface area contributed by atoms with Gasteiger partial charge in [-0.15, -0.1) is 0 Å². The Balaban J connectivity index is 1.35. The molecule has 3 rings (SSSR count). The van der Waals surface area contributed by atoms with E-state index in [1.165, 1.54) is 11.3 Å². The van der Waals surface area contributed by atoms with Crippen LogP contribution in [-0.2, 0) is 4.79 Å². The predicted octanol–water partition coefficient (Wildman–Crippen LogP) is 1.07. The highest BCUT2D eigenvalue weighted by atomic mass is 16.2. The lowest BCUT2D eigenvalue weighted by Crippen LogP contribution is -2.34. The van der Waals surface area contributed by atoms with Gasteiger partial charge in [-0.05, 0) is 50.9 Å². The molecule has 130 valence electrons. The molecule has 0 radical (unpaired) electrons. The van der Waals surface area contributed by atoms with E-state index in [-0.39, 0.29) is 18.5 Å². The lowest BCUT2D eigenvalue weighted by molar-refractivity contribution is -0.125. The summed E-state index contributed by atoms with van der Waals surface area (Å²) in [5.74, 6) is 1.44. The van der Waals surface area contributed by atoms with Gasteiger partial charge in [-0.2, -0.15) is 0 Å². The van der Waals surface area contributed by atoms with Crippen LogP contribution in [0.3, 0.4) is 0 Å². The first-order valence-corrected chi connectivity index (χ1v) is 8.60. The molecule has 0 aromatic carbocycles. The van der Waals surface area contributed by atoms with Gasteiger partial charge >= 0.3 is 6.03 Å². The van der Waals surface area contributed by atoms with E-state index in [0.29, 0.717) is 12.5 Å². The van der Waals surface area contributed by atoms with E-state index in [9.17, 15) is 9.59 Å². The molecule has 3 heterocycles. The third-order valence-corrected chi connectivity index (χ3v) is 4.62. The molecule has 24 heavy (non-hydrogen) atoms. The number of carbonyl (C=O) groups is 2. The Morgan fingerprint density at radius 1 is 1.33 bits per heavy atom. The number of imide groups is 1. The molecule has 2 fully saturated rings. The Morgan fingerprint density at radius 3 is 2.96 bits per heavy atom. The number of hydrogen-bond acceptors (Lipinski definition) is 5. The standard InChI is InChI=1S/C17H25N5O2/c1-13-4-2-5-15(20-13)18-10-14-6-9-21(12-14)7-3-8-22-16(23)11-19-17(22)24/h2,4-5,14H,3,6-12H2,1H3,(H,18,20)(H,19,24)/t14-/m0/s1. The first-order valence-electron chi connectivity index (χ1n) is 8.60. The summed E-state index contributed by atoms with van der Waals surface area (Å²) in [6, 6.07) is 5.75. The first-order chi connectivity index (χ1) is 11.6. The average molecular weight is 331 g/mol. The van der Waals surface area contributed by atoms with Gasteiger partial charge in [-0.3, -0.25) is 9.69 Å². The molecule has 2 aliphatic heterocycles. The zero-order valence-electron chi connectivity index (χ0n) is 14.1. The number of carbonyl (C=O) groups excluding carboxylic acids is 2. The zero-order chi connectivity index (χ0) is 16.9. The monoisotopic (exact) mass is 331 g/mol. The Morgan fingerprint density at radius 2 is 2.21 bits per heavy atom. The lowest BCUT2D eigenvalue weighted by atomic mass is 10.1. The van der Waals surface area contributed by atoms with Gasteiger partial charge in [0.2, 0.25) is 5.91 Å². The molecule has 1 aromatic heterocycles. The third-order valence-electron chi connectivity index (χ3n) is 4.62. The highest BCUT2D eigenvalue weighted by Crippen LogP contribution is 2.17. The van der Waals surface area contributed by atoms with Gasteiger partial charge in [0, 0.05) is 25.3 Å².